The summed E-state index contributed by atoms with van der Waals surface area (Å²) in [5.41, 5.74) is 0.130. The molecule has 1 fully saturated rings. The van der Waals surface area contributed by atoms with Gasteiger partial charge in [-0.05, 0) is 12.1 Å². The molecule has 0 aromatic carbocycles. The van der Waals surface area contributed by atoms with Crippen LogP contribution in [0.2, 0.25) is 5.15 Å². The van der Waals surface area contributed by atoms with Gasteiger partial charge < -0.3 is 10.0 Å². The number of imidazole rings is 1. The average molecular weight is 333 g/mol. The number of aliphatic hydroxyl groups is 1. The average Bonchev–Trinajstić information content (AvgIpc) is 3.24. The Kier molecular flexibility index (Phi) is 3.10. The molecular formula is C14H13ClN6O2. The quantitative estimate of drug-likeness (QED) is 0.724. The number of carbonyl (C=O) groups excluding carboxylic acids is 1. The number of β-amino-alcohol motifs (C(OH)–C–C–N with tert-alkyl or cyclic N) is 1. The number of aromatic nitrogens is 5. The van der Waals surface area contributed by atoms with Gasteiger partial charge in [0.05, 0.1) is 12.7 Å². The molecule has 1 saturated heterocycles. The summed E-state index contributed by atoms with van der Waals surface area (Å²) in [7, 11) is 0. The van der Waals surface area contributed by atoms with Crippen LogP contribution in [0.25, 0.3) is 5.65 Å². The molecule has 4 heterocycles. The van der Waals surface area contributed by atoms with Crippen LogP contribution in [0.1, 0.15) is 22.6 Å². The third-order valence-corrected chi connectivity index (χ3v) is 4.38. The summed E-state index contributed by atoms with van der Waals surface area (Å²) in [6.07, 6.45) is 3.59. The molecule has 23 heavy (non-hydrogen) atoms. The fourth-order valence-corrected chi connectivity index (χ4v) is 3.17. The Morgan fingerprint density at radius 2 is 2.30 bits per heavy atom. The number of rotatable bonds is 2. The van der Waals surface area contributed by atoms with Gasteiger partial charge in [-0.1, -0.05) is 17.7 Å². The zero-order valence-corrected chi connectivity index (χ0v) is 12.7. The second-order valence-corrected chi connectivity index (χ2v) is 5.90. The Morgan fingerprint density at radius 3 is 3.09 bits per heavy atom. The molecule has 118 valence electrons. The van der Waals surface area contributed by atoms with Gasteiger partial charge in [0, 0.05) is 19.2 Å². The van der Waals surface area contributed by atoms with E-state index in [4.69, 9.17) is 11.6 Å². The first-order valence-corrected chi connectivity index (χ1v) is 7.47. The van der Waals surface area contributed by atoms with Crippen LogP contribution in [-0.2, 0) is 5.60 Å². The van der Waals surface area contributed by atoms with Crippen molar-refractivity contribution in [2.24, 2.45) is 0 Å². The van der Waals surface area contributed by atoms with Gasteiger partial charge in [0.1, 0.15) is 16.9 Å². The molecule has 2 N–H and O–H groups in total. The molecule has 0 saturated carbocycles. The van der Waals surface area contributed by atoms with Gasteiger partial charge in [0.25, 0.3) is 5.91 Å². The normalized spacial score (nSPS) is 21.2. The van der Waals surface area contributed by atoms with Crippen molar-refractivity contribution in [3.05, 3.63) is 47.1 Å². The van der Waals surface area contributed by atoms with E-state index >= 15 is 0 Å². The van der Waals surface area contributed by atoms with Crippen LogP contribution in [0, 0.1) is 0 Å². The molecule has 0 bridgehead atoms. The van der Waals surface area contributed by atoms with Crippen molar-refractivity contribution in [1.29, 1.82) is 0 Å². The summed E-state index contributed by atoms with van der Waals surface area (Å²) in [5, 5.41) is 20.9. The fraction of sp³-hybridized carbons (Fsp3) is 0.286. The van der Waals surface area contributed by atoms with Crippen LogP contribution in [0.15, 0.2) is 30.6 Å². The van der Waals surface area contributed by atoms with Crippen LogP contribution in [0.3, 0.4) is 0 Å². The lowest BCUT2D eigenvalue weighted by Crippen LogP contribution is -2.35. The molecule has 1 unspecified atom stereocenters. The Hall–Kier alpha value is -2.45. The summed E-state index contributed by atoms with van der Waals surface area (Å²) < 4.78 is 1.65. The third-order valence-electron chi connectivity index (χ3n) is 4.12. The van der Waals surface area contributed by atoms with E-state index < -0.39 is 5.60 Å². The van der Waals surface area contributed by atoms with E-state index in [0.29, 0.717) is 30.0 Å². The largest absolute Gasteiger partial charge is 0.381 e. The molecular weight excluding hydrogens is 320 g/mol. The van der Waals surface area contributed by atoms with Crippen molar-refractivity contribution in [1.82, 2.24) is 29.7 Å². The molecule has 0 aliphatic carbocycles. The van der Waals surface area contributed by atoms with Crippen molar-refractivity contribution in [2.75, 3.05) is 13.1 Å². The minimum absolute atomic E-state index is 0.134. The Labute approximate surface area is 135 Å². The first kappa shape index (κ1) is 14.2. The van der Waals surface area contributed by atoms with E-state index in [1.165, 1.54) is 6.20 Å². The number of H-pyrrole nitrogens is 1. The Bertz CT molecular complexity index is 877. The number of nitrogens with one attached hydrogen (secondary N) is 1. The second-order valence-electron chi connectivity index (χ2n) is 5.54. The molecule has 9 heteroatoms. The summed E-state index contributed by atoms with van der Waals surface area (Å²) in [6, 6.07) is 5.40. The van der Waals surface area contributed by atoms with Crippen molar-refractivity contribution in [3.63, 3.8) is 0 Å². The third kappa shape index (κ3) is 2.18. The van der Waals surface area contributed by atoms with Crippen molar-refractivity contribution >= 4 is 23.2 Å². The minimum atomic E-state index is -1.20. The number of fused-ring (bicyclic) bond motifs is 1. The maximum absolute atomic E-state index is 12.8. The highest BCUT2D eigenvalue weighted by molar-refractivity contribution is 6.32. The zero-order valence-electron chi connectivity index (χ0n) is 12.0. The molecule has 1 atom stereocenters. The summed E-state index contributed by atoms with van der Waals surface area (Å²) >= 11 is 6.14. The van der Waals surface area contributed by atoms with E-state index in [-0.39, 0.29) is 17.6 Å². The van der Waals surface area contributed by atoms with Gasteiger partial charge in [-0.25, -0.2) is 4.98 Å². The van der Waals surface area contributed by atoms with Crippen LogP contribution < -0.4 is 0 Å². The van der Waals surface area contributed by atoms with E-state index in [1.807, 2.05) is 6.07 Å². The summed E-state index contributed by atoms with van der Waals surface area (Å²) in [6.45, 7) is 0.535. The van der Waals surface area contributed by atoms with Gasteiger partial charge in [0.15, 0.2) is 10.8 Å². The van der Waals surface area contributed by atoms with Gasteiger partial charge in [0.2, 0.25) is 0 Å². The number of aromatic amines is 1. The molecule has 3 aromatic heterocycles. The van der Waals surface area contributed by atoms with Gasteiger partial charge in [-0.2, -0.15) is 15.4 Å². The highest BCUT2D eigenvalue weighted by atomic mass is 35.5. The Balaban J connectivity index is 1.66. The van der Waals surface area contributed by atoms with Gasteiger partial charge >= 0.3 is 0 Å². The van der Waals surface area contributed by atoms with Crippen molar-refractivity contribution < 1.29 is 9.90 Å². The molecule has 3 aromatic rings. The SMILES string of the molecule is O=C(c1c(Cl)nc2ccccn12)N1CCC(O)(c2cn[nH]n2)C1. The molecule has 4 rings (SSSR count). The molecule has 0 radical (unpaired) electrons. The molecule has 1 amide bonds. The number of amides is 1. The number of nitrogens with zero attached hydrogens (tertiary/aromatic N) is 5. The number of hydrogen-bond donors (Lipinski definition) is 2. The predicted molar refractivity (Wildman–Crippen MR) is 81.0 cm³/mol. The van der Waals surface area contributed by atoms with E-state index in [1.54, 1.807) is 27.6 Å². The molecule has 8 nitrogen and oxygen atoms in total. The number of likely N-dealkylation sites (tertiary alicyclic amines) is 1. The minimum Gasteiger partial charge on any atom is -0.381 e. The molecule has 1 aliphatic rings. The highest BCUT2D eigenvalue weighted by Gasteiger charge is 2.42. The predicted octanol–water partition coefficient (Wildman–Crippen LogP) is 0.839. The first-order valence-electron chi connectivity index (χ1n) is 7.09. The van der Waals surface area contributed by atoms with E-state index in [2.05, 4.69) is 20.4 Å². The summed E-state index contributed by atoms with van der Waals surface area (Å²) in [5.74, 6) is -0.270. The van der Waals surface area contributed by atoms with Gasteiger partial charge in [-0.15, -0.1) is 0 Å². The molecule has 1 aliphatic heterocycles. The van der Waals surface area contributed by atoms with Crippen LogP contribution in [0.4, 0.5) is 0 Å². The standard InChI is InChI=1S/C14H13ClN6O2/c15-12-11(21-5-2-1-3-10(21)17-12)13(22)20-6-4-14(23,8-20)9-7-16-19-18-9/h1-3,5,7,23H,4,6,8H2,(H,16,18,19). The molecule has 0 spiro atoms. The number of halogens is 1. The maximum Gasteiger partial charge on any atom is 0.274 e. The van der Waals surface area contributed by atoms with Crippen molar-refractivity contribution in [2.45, 2.75) is 12.0 Å². The lowest BCUT2D eigenvalue weighted by atomic mass is 10.00. The number of hydrogen-bond acceptors (Lipinski definition) is 5. The fourth-order valence-electron chi connectivity index (χ4n) is 2.91. The lowest BCUT2D eigenvalue weighted by molar-refractivity contribution is 0.0380. The topological polar surface area (TPSA) is 99.4 Å². The van der Waals surface area contributed by atoms with Crippen molar-refractivity contribution in [3.8, 4) is 0 Å². The lowest BCUT2D eigenvalue weighted by Gasteiger charge is -2.21. The maximum atomic E-state index is 12.8. The highest BCUT2D eigenvalue weighted by Crippen LogP contribution is 2.31. The smallest absolute Gasteiger partial charge is 0.274 e. The number of carbonyl (C=O) groups is 1. The second kappa shape index (κ2) is 5.04. The van der Waals surface area contributed by atoms with E-state index in [9.17, 15) is 9.90 Å². The van der Waals surface area contributed by atoms with Crippen LogP contribution in [-0.4, -0.2) is 53.8 Å². The number of pyridine rings is 1. The zero-order chi connectivity index (χ0) is 16.0. The van der Waals surface area contributed by atoms with Gasteiger partial charge in [-0.3, -0.25) is 9.20 Å². The summed E-state index contributed by atoms with van der Waals surface area (Å²) in [4.78, 5) is 18.6. The Morgan fingerprint density at radius 1 is 1.43 bits per heavy atom. The van der Waals surface area contributed by atoms with E-state index in [0.717, 1.165) is 0 Å². The van der Waals surface area contributed by atoms with Crippen LogP contribution in [0.5, 0.6) is 0 Å². The van der Waals surface area contributed by atoms with Crippen LogP contribution >= 0.6 is 11.6 Å². The first-order chi connectivity index (χ1) is 11.1. The monoisotopic (exact) mass is 332 g/mol.